The first-order valence-electron chi connectivity index (χ1n) is 6.89. The van der Waals surface area contributed by atoms with E-state index in [9.17, 15) is 8.42 Å². The lowest BCUT2D eigenvalue weighted by Crippen LogP contribution is -2.47. The zero-order valence-corrected chi connectivity index (χ0v) is 12.9. The van der Waals surface area contributed by atoms with E-state index >= 15 is 0 Å². The van der Waals surface area contributed by atoms with Crippen LogP contribution < -0.4 is 15.4 Å². The molecule has 7 nitrogen and oxygen atoms in total. The van der Waals surface area contributed by atoms with Gasteiger partial charge in [0.25, 0.3) is 0 Å². The molecule has 4 N–H and O–H groups in total. The molecule has 1 aromatic rings. The summed E-state index contributed by atoms with van der Waals surface area (Å²) in [6.45, 7) is 3.82. The van der Waals surface area contributed by atoms with E-state index in [1.807, 2.05) is 4.90 Å². The third kappa shape index (κ3) is 3.65. The number of rotatable bonds is 5. The van der Waals surface area contributed by atoms with E-state index in [0.717, 1.165) is 26.2 Å². The van der Waals surface area contributed by atoms with Gasteiger partial charge in [0.15, 0.2) is 0 Å². The number of nitrogens with zero attached hydrogens (tertiary/aromatic N) is 2. The summed E-state index contributed by atoms with van der Waals surface area (Å²) in [4.78, 5) is 4.40. The molecule has 1 heterocycles. The van der Waals surface area contributed by atoms with Crippen LogP contribution in [0.3, 0.4) is 0 Å². The molecule has 1 aromatic carbocycles. The summed E-state index contributed by atoms with van der Waals surface area (Å²) < 4.78 is 26.6. The molecule has 0 bridgehead atoms. The lowest BCUT2D eigenvalue weighted by Gasteiger charge is -2.36. The maximum Gasteiger partial charge on any atom is 0.242 e. The molecule has 21 heavy (non-hydrogen) atoms. The minimum atomic E-state index is -3.55. The summed E-state index contributed by atoms with van der Waals surface area (Å²) >= 11 is 0. The van der Waals surface area contributed by atoms with Crippen molar-refractivity contribution in [1.29, 1.82) is 0 Å². The van der Waals surface area contributed by atoms with Crippen molar-refractivity contribution in [2.24, 2.45) is 0 Å². The Balaban J connectivity index is 2.25. The Labute approximate surface area is 125 Å². The Morgan fingerprint density at radius 1 is 1.29 bits per heavy atom. The van der Waals surface area contributed by atoms with Gasteiger partial charge in [-0.05, 0) is 25.2 Å². The van der Waals surface area contributed by atoms with E-state index in [1.54, 1.807) is 12.1 Å². The molecule has 2 rings (SSSR count). The van der Waals surface area contributed by atoms with Gasteiger partial charge >= 0.3 is 0 Å². The number of β-amino-alcohol motifs (C(OH)–C–C–N with tert-alkyl or cyclic N) is 1. The number of benzene rings is 1. The molecule has 0 aliphatic carbocycles. The van der Waals surface area contributed by atoms with Crippen molar-refractivity contribution in [3.05, 3.63) is 18.2 Å². The fraction of sp³-hybridized carbons (Fsp3) is 0.538. The highest BCUT2D eigenvalue weighted by Gasteiger charge is 2.24. The van der Waals surface area contributed by atoms with Gasteiger partial charge in [0, 0.05) is 38.4 Å². The number of hydrogen-bond acceptors (Lipinski definition) is 6. The maximum atomic E-state index is 12.1. The molecule has 0 atom stereocenters. The second kappa shape index (κ2) is 6.61. The number of sulfonamides is 1. The molecular weight excluding hydrogens is 292 g/mol. The average Bonchev–Trinajstić information content (AvgIpc) is 2.48. The Morgan fingerprint density at radius 3 is 2.52 bits per heavy atom. The van der Waals surface area contributed by atoms with Crippen molar-refractivity contribution >= 4 is 21.4 Å². The third-order valence-electron chi connectivity index (χ3n) is 3.67. The van der Waals surface area contributed by atoms with Crippen LogP contribution in [-0.4, -0.2) is 64.8 Å². The third-order valence-corrected chi connectivity index (χ3v) is 5.11. The fourth-order valence-electron chi connectivity index (χ4n) is 2.47. The fourth-order valence-corrected chi connectivity index (χ4v) is 3.45. The van der Waals surface area contributed by atoms with Gasteiger partial charge in [-0.15, -0.1) is 0 Å². The standard InChI is InChI=1S/C13H22N4O3S/c1-15-21(19,20)13-10-11(14)2-3-12(13)17-6-4-16(5-7-17)8-9-18/h2-3,10,15,18H,4-9,14H2,1H3. The number of anilines is 2. The van der Waals surface area contributed by atoms with Crippen molar-refractivity contribution in [2.75, 3.05) is 57.0 Å². The molecule has 0 saturated carbocycles. The summed E-state index contributed by atoms with van der Waals surface area (Å²) in [6, 6.07) is 4.95. The predicted molar refractivity (Wildman–Crippen MR) is 82.8 cm³/mol. The Hall–Kier alpha value is -1.35. The molecule has 8 heteroatoms. The molecule has 0 radical (unpaired) electrons. The highest BCUT2D eigenvalue weighted by molar-refractivity contribution is 7.89. The van der Waals surface area contributed by atoms with Gasteiger partial charge in [0.05, 0.1) is 12.3 Å². The van der Waals surface area contributed by atoms with Crippen molar-refractivity contribution in [3.8, 4) is 0 Å². The Morgan fingerprint density at radius 2 is 1.95 bits per heavy atom. The summed E-state index contributed by atoms with van der Waals surface area (Å²) in [5.41, 5.74) is 6.81. The number of aliphatic hydroxyl groups is 1. The van der Waals surface area contributed by atoms with Crippen molar-refractivity contribution in [1.82, 2.24) is 9.62 Å². The molecule has 1 aliphatic heterocycles. The van der Waals surface area contributed by atoms with Crippen LogP contribution in [-0.2, 0) is 10.0 Å². The average molecular weight is 314 g/mol. The number of hydrogen-bond donors (Lipinski definition) is 3. The summed E-state index contributed by atoms with van der Waals surface area (Å²) in [5, 5.41) is 8.96. The van der Waals surface area contributed by atoms with Crippen LogP contribution in [0, 0.1) is 0 Å². The molecule has 1 saturated heterocycles. The van der Waals surface area contributed by atoms with E-state index in [4.69, 9.17) is 10.8 Å². The molecule has 1 aliphatic rings. The number of nitrogen functional groups attached to an aromatic ring is 1. The van der Waals surface area contributed by atoms with Crippen LogP contribution in [0.2, 0.25) is 0 Å². The first-order chi connectivity index (χ1) is 9.97. The van der Waals surface area contributed by atoms with E-state index in [-0.39, 0.29) is 11.5 Å². The zero-order valence-electron chi connectivity index (χ0n) is 12.1. The van der Waals surface area contributed by atoms with Crippen molar-refractivity contribution < 1.29 is 13.5 Å². The van der Waals surface area contributed by atoms with Gasteiger partial charge in [-0.25, -0.2) is 13.1 Å². The highest BCUT2D eigenvalue weighted by atomic mass is 32.2. The smallest absolute Gasteiger partial charge is 0.242 e. The number of nitrogens with one attached hydrogen (secondary N) is 1. The maximum absolute atomic E-state index is 12.1. The predicted octanol–water partition coefficient (Wildman–Crippen LogP) is -0.709. The van der Waals surface area contributed by atoms with Gasteiger partial charge in [0.1, 0.15) is 4.90 Å². The monoisotopic (exact) mass is 314 g/mol. The normalized spacial score (nSPS) is 17.1. The van der Waals surface area contributed by atoms with E-state index < -0.39 is 10.0 Å². The molecule has 0 spiro atoms. The molecule has 0 amide bonds. The van der Waals surface area contributed by atoms with E-state index in [0.29, 0.717) is 17.9 Å². The minimum Gasteiger partial charge on any atom is -0.399 e. The molecule has 0 unspecified atom stereocenters. The number of nitrogens with two attached hydrogens (primary N) is 1. The van der Waals surface area contributed by atoms with Crippen molar-refractivity contribution in [3.63, 3.8) is 0 Å². The largest absolute Gasteiger partial charge is 0.399 e. The zero-order chi connectivity index (χ0) is 15.5. The summed E-state index contributed by atoms with van der Waals surface area (Å²) in [7, 11) is -2.16. The SMILES string of the molecule is CNS(=O)(=O)c1cc(N)ccc1N1CCN(CCO)CC1. The van der Waals surface area contributed by atoms with Gasteiger partial charge in [-0.2, -0.15) is 0 Å². The van der Waals surface area contributed by atoms with Gasteiger partial charge in [-0.3, -0.25) is 4.90 Å². The van der Waals surface area contributed by atoms with Crippen LogP contribution in [0.1, 0.15) is 0 Å². The molecular formula is C13H22N4O3S. The van der Waals surface area contributed by atoms with Gasteiger partial charge in [-0.1, -0.05) is 0 Å². The second-order valence-electron chi connectivity index (χ2n) is 4.99. The lowest BCUT2D eigenvalue weighted by molar-refractivity contribution is 0.188. The summed E-state index contributed by atoms with van der Waals surface area (Å²) in [6.07, 6.45) is 0. The summed E-state index contributed by atoms with van der Waals surface area (Å²) in [5.74, 6) is 0. The Bertz CT molecular complexity index is 583. The molecule has 118 valence electrons. The van der Waals surface area contributed by atoms with Gasteiger partial charge in [0.2, 0.25) is 10.0 Å². The van der Waals surface area contributed by atoms with Crippen LogP contribution in [0.15, 0.2) is 23.1 Å². The molecule has 0 aromatic heterocycles. The van der Waals surface area contributed by atoms with Crippen LogP contribution in [0.5, 0.6) is 0 Å². The van der Waals surface area contributed by atoms with E-state index in [1.165, 1.54) is 13.1 Å². The van der Waals surface area contributed by atoms with Crippen molar-refractivity contribution in [2.45, 2.75) is 4.90 Å². The van der Waals surface area contributed by atoms with Crippen LogP contribution in [0.25, 0.3) is 0 Å². The quantitative estimate of drug-likeness (QED) is 0.621. The van der Waals surface area contributed by atoms with Gasteiger partial charge < -0.3 is 15.7 Å². The molecule has 1 fully saturated rings. The number of aliphatic hydroxyl groups excluding tert-OH is 1. The number of piperazine rings is 1. The van der Waals surface area contributed by atoms with E-state index in [2.05, 4.69) is 9.62 Å². The lowest BCUT2D eigenvalue weighted by atomic mass is 10.2. The first kappa shape index (κ1) is 16.0. The van der Waals surface area contributed by atoms with Crippen LogP contribution in [0.4, 0.5) is 11.4 Å². The topological polar surface area (TPSA) is 98.9 Å². The second-order valence-corrected chi connectivity index (χ2v) is 6.84. The highest BCUT2D eigenvalue weighted by Crippen LogP contribution is 2.28. The van der Waals surface area contributed by atoms with Crippen LogP contribution >= 0.6 is 0 Å². The Kier molecular flexibility index (Phi) is 5.04. The minimum absolute atomic E-state index is 0.140. The first-order valence-corrected chi connectivity index (χ1v) is 8.37.